The van der Waals surface area contributed by atoms with Gasteiger partial charge < -0.3 is 9.64 Å². The van der Waals surface area contributed by atoms with E-state index in [9.17, 15) is 9.59 Å². The summed E-state index contributed by atoms with van der Waals surface area (Å²) in [5, 5.41) is 5.25. The topological polar surface area (TPSA) is 80.0 Å². The van der Waals surface area contributed by atoms with Gasteiger partial charge in [0, 0.05) is 49.9 Å². The number of benzene rings is 2. The van der Waals surface area contributed by atoms with Crippen molar-refractivity contribution < 1.29 is 9.53 Å². The molecule has 0 unspecified atom stereocenters. The highest BCUT2D eigenvalue weighted by Crippen LogP contribution is 2.25. The van der Waals surface area contributed by atoms with Crippen molar-refractivity contribution in [2.75, 3.05) is 33.3 Å². The first-order valence-corrected chi connectivity index (χ1v) is 11.9. The van der Waals surface area contributed by atoms with Crippen molar-refractivity contribution in [3.63, 3.8) is 0 Å². The van der Waals surface area contributed by atoms with Gasteiger partial charge in [0.05, 0.1) is 12.8 Å². The first kappa shape index (κ1) is 22.2. The Labute approximate surface area is 201 Å². The lowest BCUT2D eigenvalue weighted by atomic mass is 10.1. The number of carbonyl (C=O) groups is 1. The zero-order chi connectivity index (χ0) is 23.7. The Balaban J connectivity index is 1.27. The number of methoxy groups -OCH3 is 1. The smallest absolute Gasteiger partial charge is 0.275 e. The average molecular weight is 476 g/mol. The number of hydrogen-bond acceptors (Lipinski definition) is 7. The number of amides is 1. The molecule has 2 aromatic heterocycles. The maximum Gasteiger partial charge on any atom is 0.275 e. The molecule has 1 fully saturated rings. The minimum Gasteiger partial charge on any atom is -0.497 e. The predicted octanol–water partition coefficient (Wildman–Crippen LogP) is 3.09. The van der Waals surface area contributed by atoms with Crippen molar-refractivity contribution in [3.05, 3.63) is 81.8 Å². The summed E-state index contributed by atoms with van der Waals surface area (Å²) in [5.41, 5.74) is 3.29. The number of aryl methyl sites for hydroxylation is 1. The second-order valence-corrected chi connectivity index (χ2v) is 9.31. The molecule has 1 saturated heterocycles. The van der Waals surface area contributed by atoms with Crippen LogP contribution in [0.1, 0.15) is 21.6 Å². The Morgan fingerprint density at radius 2 is 1.85 bits per heavy atom. The fraction of sp³-hybridized carbons (Fsp3) is 0.280. The molecule has 0 atom stereocenters. The molecule has 0 spiro atoms. The molecule has 1 aliphatic heterocycles. The van der Waals surface area contributed by atoms with E-state index in [0.29, 0.717) is 49.0 Å². The van der Waals surface area contributed by atoms with E-state index >= 15 is 0 Å². The number of ether oxygens (including phenoxy) is 1. The molecule has 34 heavy (non-hydrogen) atoms. The second kappa shape index (κ2) is 9.36. The lowest BCUT2D eigenvalue weighted by Crippen LogP contribution is -2.48. The third kappa shape index (κ3) is 4.57. The molecular formula is C25H25N5O3S. The van der Waals surface area contributed by atoms with E-state index < -0.39 is 0 Å². The Hall–Kier alpha value is -3.56. The molecule has 174 valence electrons. The van der Waals surface area contributed by atoms with Crippen LogP contribution in [0, 0.1) is 6.92 Å². The van der Waals surface area contributed by atoms with E-state index in [2.05, 4.69) is 16.1 Å². The average Bonchev–Trinajstić information content (AvgIpc) is 3.29. The molecule has 5 rings (SSSR count). The van der Waals surface area contributed by atoms with Gasteiger partial charge in [-0.1, -0.05) is 41.2 Å². The lowest BCUT2D eigenvalue weighted by Gasteiger charge is -2.34. The van der Waals surface area contributed by atoms with Gasteiger partial charge in [0.1, 0.15) is 10.8 Å². The second-order valence-electron chi connectivity index (χ2n) is 8.36. The summed E-state index contributed by atoms with van der Waals surface area (Å²) in [7, 11) is 1.59. The number of piperazine rings is 1. The Kier molecular flexibility index (Phi) is 6.12. The van der Waals surface area contributed by atoms with E-state index in [1.54, 1.807) is 19.2 Å². The molecular weight excluding hydrogens is 450 g/mol. The standard InChI is InChI=1S/C25H25N5O3S/c1-17-5-3-6-18(13-17)23-27-30-22(31)15-20(26-25(30)34-23)16-28-9-11-29(12-10-28)24(32)19-7-4-8-21(14-19)33-2/h3-8,13-15H,9-12,16H2,1-2H3. The number of nitrogens with zero attached hydrogens (tertiary/aromatic N) is 5. The minimum absolute atomic E-state index is 0.00433. The molecule has 1 aliphatic rings. The van der Waals surface area contributed by atoms with Gasteiger partial charge in [0.15, 0.2) is 0 Å². The van der Waals surface area contributed by atoms with Crippen LogP contribution in [-0.4, -0.2) is 63.6 Å². The molecule has 9 heteroatoms. The van der Waals surface area contributed by atoms with Gasteiger partial charge in [-0.3, -0.25) is 14.5 Å². The molecule has 0 radical (unpaired) electrons. The molecule has 4 aromatic rings. The molecule has 0 N–H and O–H groups in total. The van der Waals surface area contributed by atoms with Crippen LogP contribution in [0.3, 0.4) is 0 Å². The van der Waals surface area contributed by atoms with E-state index in [4.69, 9.17) is 9.72 Å². The molecule has 1 amide bonds. The van der Waals surface area contributed by atoms with Crippen molar-refractivity contribution >= 4 is 22.2 Å². The van der Waals surface area contributed by atoms with Crippen molar-refractivity contribution in [3.8, 4) is 16.3 Å². The van der Waals surface area contributed by atoms with Crippen LogP contribution in [0.4, 0.5) is 0 Å². The molecule has 0 saturated carbocycles. The Morgan fingerprint density at radius 3 is 2.62 bits per heavy atom. The van der Waals surface area contributed by atoms with Crippen molar-refractivity contribution in [2.45, 2.75) is 13.5 Å². The molecule has 0 bridgehead atoms. The zero-order valence-corrected chi connectivity index (χ0v) is 19.9. The lowest BCUT2D eigenvalue weighted by molar-refractivity contribution is 0.0626. The summed E-state index contributed by atoms with van der Waals surface area (Å²) >= 11 is 1.41. The maximum absolute atomic E-state index is 12.9. The van der Waals surface area contributed by atoms with Gasteiger partial charge in [-0.15, -0.1) is 0 Å². The van der Waals surface area contributed by atoms with E-state index in [1.165, 1.54) is 15.9 Å². The highest BCUT2D eigenvalue weighted by molar-refractivity contribution is 7.19. The van der Waals surface area contributed by atoms with Crippen molar-refractivity contribution in [1.29, 1.82) is 0 Å². The number of carbonyl (C=O) groups excluding carboxylic acids is 1. The fourth-order valence-corrected chi connectivity index (χ4v) is 5.03. The first-order chi connectivity index (χ1) is 16.5. The van der Waals surface area contributed by atoms with Gasteiger partial charge >= 0.3 is 0 Å². The van der Waals surface area contributed by atoms with Gasteiger partial charge in [0.2, 0.25) is 4.96 Å². The number of aromatic nitrogens is 3. The SMILES string of the molecule is COc1cccc(C(=O)N2CCN(Cc3cc(=O)n4nc(-c5cccc(C)c5)sc4n3)CC2)c1. The summed E-state index contributed by atoms with van der Waals surface area (Å²) < 4.78 is 6.60. The first-order valence-electron chi connectivity index (χ1n) is 11.1. The summed E-state index contributed by atoms with van der Waals surface area (Å²) in [5.74, 6) is 0.676. The Morgan fingerprint density at radius 1 is 1.06 bits per heavy atom. The van der Waals surface area contributed by atoms with Gasteiger partial charge in [-0.25, -0.2) is 4.98 Å². The zero-order valence-electron chi connectivity index (χ0n) is 19.1. The van der Waals surface area contributed by atoms with Crippen LogP contribution in [0.15, 0.2) is 59.4 Å². The van der Waals surface area contributed by atoms with Crippen molar-refractivity contribution in [2.24, 2.45) is 0 Å². The van der Waals surface area contributed by atoms with Crippen LogP contribution in [0.5, 0.6) is 5.75 Å². The molecule has 0 aliphatic carbocycles. The summed E-state index contributed by atoms with van der Waals surface area (Å²) in [4.78, 5) is 34.9. The number of fused-ring (bicyclic) bond motifs is 1. The van der Waals surface area contributed by atoms with Crippen LogP contribution in [-0.2, 0) is 6.54 Å². The minimum atomic E-state index is -0.179. The number of rotatable bonds is 5. The molecule has 8 nitrogen and oxygen atoms in total. The number of hydrogen-bond donors (Lipinski definition) is 0. The van der Waals surface area contributed by atoms with Crippen LogP contribution >= 0.6 is 11.3 Å². The van der Waals surface area contributed by atoms with Crippen molar-refractivity contribution in [1.82, 2.24) is 24.4 Å². The molecule has 3 heterocycles. The van der Waals surface area contributed by atoms with Gasteiger partial charge in [-0.05, 0) is 31.2 Å². The molecule has 2 aromatic carbocycles. The van der Waals surface area contributed by atoms with E-state index in [1.807, 2.05) is 48.2 Å². The third-order valence-electron chi connectivity index (χ3n) is 5.92. The normalized spacial score (nSPS) is 14.5. The largest absolute Gasteiger partial charge is 0.497 e. The van der Waals surface area contributed by atoms with Crippen LogP contribution in [0.25, 0.3) is 15.5 Å². The third-order valence-corrected chi connectivity index (χ3v) is 6.88. The van der Waals surface area contributed by atoms with E-state index in [0.717, 1.165) is 21.8 Å². The monoisotopic (exact) mass is 475 g/mol. The van der Waals surface area contributed by atoms with Crippen LogP contribution < -0.4 is 10.3 Å². The summed E-state index contributed by atoms with van der Waals surface area (Å²) in [6.07, 6.45) is 0. The van der Waals surface area contributed by atoms with Gasteiger partial charge in [0.25, 0.3) is 11.5 Å². The highest BCUT2D eigenvalue weighted by Gasteiger charge is 2.23. The predicted molar refractivity (Wildman–Crippen MR) is 131 cm³/mol. The van der Waals surface area contributed by atoms with Gasteiger partial charge in [-0.2, -0.15) is 9.61 Å². The van der Waals surface area contributed by atoms with Crippen LogP contribution in [0.2, 0.25) is 0 Å². The quantitative estimate of drug-likeness (QED) is 0.441. The van der Waals surface area contributed by atoms with E-state index in [-0.39, 0.29) is 11.5 Å². The summed E-state index contributed by atoms with van der Waals surface area (Å²) in [6.45, 7) is 5.26. The summed E-state index contributed by atoms with van der Waals surface area (Å²) in [6, 6.07) is 16.8. The Bertz CT molecular complexity index is 1410. The maximum atomic E-state index is 12.9. The highest BCUT2D eigenvalue weighted by atomic mass is 32.1. The fourth-order valence-electron chi connectivity index (χ4n) is 4.11.